The lowest BCUT2D eigenvalue weighted by atomic mass is 10.1. The van der Waals surface area contributed by atoms with Gasteiger partial charge in [-0.15, -0.1) is 0 Å². The number of nitrogens with zero attached hydrogens (tertiary/aromatic N) is 2. The Morgan fingerprint density at radius 1 is 1.18 bits per heavy atom. The minimum Gasteiger partial charge on any atom is -1.00 e. The zero-order valence-electron chi connectivity index (χ0n) is 12.0. The van der Waals surface area contributed by atoms with Crippen molar-refractivity contribution in [3.8, 4) is 0 Å². The Morgan fingerprint density at radius 3 is 2.64 bits per heavy atom. The summed E-state index contributed by atoms with van der Waals surface area (Å²) in [6.45, 7) is 2.20. The predicted molar refractivity (Wildman–Crippen MR) is 77.4 cm³/mol. The molecule has 22 heavy (non-hydrogen) atoms. The van der Waals surface area contributed by atoms with E-state index in [1.165, 1.54) is 24.3 Å². The lowest BCUT2D eigenvalue weighted by Gasteiger charge is -2.02. The van der Waals surface area contributed by atoms with Crippen molar-refractivity contribution in [2.24, 2.45) is 0 Å². The Kier molecular flexibility index (Phi) is 4.98. The van der Waals surface area contributed by atoms with Crippen molar-refractivity contribution in [1.82, 2.24) is 4.98 Å². The quantitative estimate of drug-likeness (QED) is 0.481. The van der Waals surface area contributed by atoms with Gasteiger partial charge in [0.1, 0.15) is 11.3 Å². The maximum Gasteiger partial charge on any atom is 0.231 e. The molecular weight excluding hydrogens is 347 g/mol. The van der Waals surface area contributed by atoms with Gasteiger partial charge in [0, 0.05) is 11.6 Å². The van der Waals surface area contributed by atoms with Gasteiger partial charge in [-0.2, -0.15) is 4.57 Å². The Balaban J connectivity index is 0.00000176. The lowest BCUT2D eigenvalue weighted by Crippen LogP contribution is -3.00. The van der Waals surface area contributed by atoms with Crippen LogP contribution in [0.3, 0.4) is 0 Å². The molecule has 3 nitrogen and oxygen atoms in total. The number of hydrogen-bond acceptors (Lipinski definition) is 2. The number of aryl methyl sites for hydroxylation is 1. The summed E-state index contributed by atoms with van der Waals surface area (Å²) < 4.78 is 14.8. The molecular formula is C17H14BrFN2O. The molecule has 3 aromatic rings. The number of rotatable bonds is 3. The van der Waals surface area contributed by atoms with E-state index in [-0.39, 0.29) is 35.1 Å². The minimum absolute atomic E-state index is 0. The number of carbonyl (C=O) groups is 1. The molecule has 0 saturated carbocycles. The van der Waals surface area contributed by atoms with Crippen LogP contribution in [0, 0.1) is 12.7 Å². The fourth-order valence-electron chi connectivity index (χ4n) is 2.27. The summed E-state index contributed by atoms with van der Waals surface area (Å²) in [6, 6.07) is 11.5. The number of fused-ring (bicyclic) bond motifs is 1. The van der Waals surface area contributed by atoms with Gasteiger partial charge in [0.15, 0.2) is 6.20 Å². The minimum atomic E-state index is -0.343. The third kappa shape index (κ3) is 3.36. The van der Waals surface area contributed by atoms with Crippen LogP contribution in [0.4, 0.5) is 4.39 Å². The van der Waals surface area contributed by atoms with Crippen molar-refractivity contribution in [1.29, 1.82) is 0 Å². The summed E-state index contributed by atoms with van der Waals surface area (Å²) in [7, 11) is 0. The summed E-state index contributed by atoms with van der Waals surface area (Å²) >= 11 is 0. The second-order valence-corrected chi connectivity index (χ2v) is 4.98. The van der Waals surface area contributed by atoms with E-state index in [4.69, 9.17) is 0 Å². The van der Waals surface area contributed by atoms with E-state index in [0.29, 0.717) is 5.56 Å². The van der Waals surface area contributed by atoms with Crippen LogP contribution < -0.4 is 21.5 Å². The van der Waals surface area contributed by atoms with E-state index in [0.717, 1.165) is 16.6 Å². The molecule has 2 aromatic carbocycles. The maximum atomic E-state index is 12.9. The van der Waals surface area contributed by atoms with Crippen LogP contribution in [0.5, 0.6) is 0 Å². The predicted octanol–water partition coefficient (Wildman–Crippen LogP) is -0.143. The van der Waals surface area contributed by atoms with Crippen LogP contribution in [-0.2, 0) is 6.54 Å². The van der Waals surface area contributed by atoms with E-state index >= 15 is 0 Å². The molecule has 0 fully saturated rings. The van der Waals surface area contributed by atoms with Crippen LogP contribution in [0.25, 0.3) is 11.0 Å². The van der Waals surface area contributed by atoms with Gasteiger partial charge in [0.05, 0.1) is 6.20 Å². The largest absolute Gasteiger partial charge is 1.00 e. The van der Waals surface area contributed by atoms with Gasteiger partial charge in [0.25, 0.3) is 0 Å². The zero-order valence-corrected chi connectivity index (χ0v) is 13.5. The first-order valence-electron chi connectivity index (χ1n) is 6.67. The summed E-state index contributed by atoms with van der Waals surface area (Å²) in [5.74, 6) is -0.405. The highest BCUT2D eigenvalue weighted by atomic mass is 79.9. The summed E-state index contributed by atoms with van der Waals surface area (Å²) in [4.78, 5) is 16.6. The van der Waals surface area contributed by atoms with Crippen molar-refractivity contribution < 1.29 is 30.7 Å². The number of aromatic nitrogens is 2. The van der Waals surface area contributed by atoms with Crippen molar-refractivity contribution in [3.63, 3.8) is 0 Å². The molecule has 1 aromatic heterocycles. The average Bonchev–Trinajstić information content (AvgIpc) is 2.47. The highest BCUT2D eigenvalue weighted by Gasteiger charge is 2.15. The van der Waals surface area contributed by atoms with Gasteiger partial charge >= 0.3 is 0 Å². The van der Waals surface area contributed by atoms with E-state index < -0.39 is 0 Å². The molecule has 0 N–H and O–H groups in total. The summed E-state index contributed by atoms with van der Waals surface area (Å²) in [6.07, 6.45) is 3.46. The number of Topliss-reactive ketones (excluding diaryl/α,β-unsaturated/α-hetero) is 1. The topological polar surface area (TPSA) is 33.8 Å². The molecule has 0 spiro atoms. The fourth-order valence-corrected chi connectivity index (χ4v) is 2.27. The van der Waals surface area contributed by atoms with Gasteiger partial charge in [0.2, 0.25) is 17.8 Å². The standard InChI is InChI=1S/C17H14FN2O.BrH/c1-12-2-7-16-15(10-12)19-8-9-20(16)11-17(21)13-3-5-14(18)6-4-13;/h2-10H,11H2,1H3;1H/q+1;/p-1. The van der Waals surface area contributed by atoms with E-state index in [2.05, 4.69) is 4.98 Å². The van der Waals surface area contributed by atoms with Crippen molar-refractivity contribution in [2.75, 3.05) is 0 Å². The molecule has 0 amide bonds. The van der Waals surface area contributed by atoms with Crippen LogP contribution in [-0.4, -0.2) is 10.8 Å². The Bertz CT molecular complexity index is 819. The number of benzene rings is 2. The zero-order chi connectivity index (χ0) is 14.8. The van der Waals surface area contributed by atoms with Crippen LogP contribution >= 0.6 is 0 Å². The van der Waals surface area contributed by atoms with Crippen LogP contribution in [0.15, 0.2) is 54.9 Å². The maximum absolute atomic E-state index is 12.9. The second kappa shape index (κ2) is 6.75. The Hall–Kier alpha value is -2.14. The van der Waals surface area contributed by atoms with Gasteiger partial charge < -0.3 is 17.0 Å². The molecule has 0 aliphatic rings. The third-order valence-electron chi connectivity index (χ3n) is 3.38. The smallest absolute Gasteiger partial charge is 0.231 e. The third-order valence-corrected chi connectivity index (χ3v) is 3.38. The monoisotopic (exact) mass is 360 g/mol. The van der Waals surface area contributed by atoms with Gasteiger partial charge in [-0.1, -0.05) is 6.07 Å². The number of ketones is 1. The lowest BCUT2D eigenvalue weighted by molar-refractivity contribution is -0.657. The Morgan fingerprint density at radius 2 is 1.91 bits per heavy atom. The van der Waals surface area contributed by atoms with Gasteiger partial charge in [-0.05, 0) is 42.8 Å². The average molecular weight is 361 g/mol. The van der Waals surface area contributed by atoms with Crippen LogP contribution in [0.2, 0.25) is 0 Å². The van der Waals surface area contributed by atoms with Crippen LogP contribution in [0.1, 0.15) is 15.9 Å². The van der Waals surface area contributed by atoms with Gasteiger partial charge in [-0.25, -0.2) is 9.37 Å². The molecule has 0 radical (unpaired) electrons. The first-order valence-corrected chi connectivity index (χ1v) is 6.67. The van der Waals surface area contributed by atoms with Crippen molar-refractivity contribution in [3.05, 3.63) is 71.8 Å². The molecule has 0 bridgehead atoms. The highest BCUT2D eigenvalue weighted by molar-refractivity contribution is 5.95. The SMILES string of the molecule is Cc1ccc2c(c1)ncc[n+]2CC(=O)c1ccc(F)cc1.[Br-]. The molecule has 0 unspecified atom stereocenters. The second-order valence-electron chi connectivity index (χ2n) is 4.98. The van der Waals surface area contributed by atoms with E-state index in [1.54, 1.807) is 12.4 Å². The molecule has 0 atom stereocenters. The fraction of sp³-hybridized carbons (Fsp3) is 0.118. The first kappa shape index (κ1) is 16.2. The number of hydrogen-bond donors (Lipinski definition) is 0. The molecule has 0 aliphatic carbocycles. The van der Waals surface area contributed by atoms with E-state index in [1.807, 2.05) is 29.7 Å². The molecule has 1 heterocycles. The first-order chi connectivity index (χ1) is 10.1. The highest BCUT2D eigenvalue weighted by Crippen LogP contribution is 2.10. The molecule has 5 heteroatoms. The molecule has 112 valence electrons. The molecule has 0 aliphatic heterocycles. The number of halogens is 2. The Labute approximate surface area is 138 Å². The van der Waals surface area contributed by atoms with Crippen molar-refractivity contribution in [2.45, 2.75) is 13.5 Å². The van der Waals surface area contributed by atoms with Gasteiger partial charge in [-0.3, -0.25) is 4.79 Å². The number of carbonyl (C=O) groups excluding carboxylic acids is 1. The van der Waals surface area contributed by atoms with E-state index in [9.17, 15) is 9.18 Å². The molecule has 3 rings (SSSR count). The molecule has 0 saturated heterocycles. The normalized spacial score (nSPS) is 10.3. The van der Waals surface area contributed by atoms with Crippen molar-refractivity contribution >= 4 is 16.8 Å². The summed E-state index contributed by atoms with van der Waals surface area (Å²) in [5.41, 5.74) is 3.38. The summed E-state index contributed by atoms with van der Waals surface area (Å²) in [5, 5.41) is 0.